The molecule has 0 unspecified atom stereocenters. The summed E-state index contributed by atoms with van der Waals surface area (Å²) in [6, 6.07) is 10.4. The Morgan fingerprint density at radius 1 is 1.23 bits per heavy atom. The molecule has 0 aliphatic heterocycles. The lowest BCUT2D eigenvalue weighted by Crippen LogP contribution is -2.46. The zero-order valence-electron chi connectivity index (χ0n) is 13.2. The molecular weight excluding hydrogens is 272 g/mol. The molecule has 22 heavy (non-hydrogen) atoms. The first-order valence-electron chi connectivity index (χ1n) is 8.27. The second-order valence-corrected chi connectivity index (χ2v) is 7.11. The molecule has 2 aromatic rings. The molecule has 3 nitrogen and oxygen atoms in total. The average molecular weight is 294 g/mol. The summed E-state index contributed by atoms with van der Waals surface area (Å²) in [6.07, 6.45) is 3.77. The van der Waals surface area contributed by atoms with Gasteiger partial charge in [0.25, 0.3) is 0 Å². The largest absolute Gasteiger partial charge is 0.299 e. The monoisotopic (exact) mass is 294 g/mol. The summed E-state index contributed by atoms with van der Waals surface area (Å²) in [5, 5.41) is 7.98. The molecule has 1 saturated carbocycles. The molecule has 2 aliphatic rings. The van der Waals surface area contributed by atoms with Gasteiger partial charge in [0, 0.05) is 34.6 Å². The number of aromatic amines is 1. The molecule has 0 saturated heterocycles. The summed E-state index contributed by atoms with van der Waals surface area (Å²) in [5.41, 5.74) is 5.00. The Kier molecular flexibility index (Phi) is 3.00. The van der Waals surface area contributed by atoms with Crippen LogP contribution < -0.4 is 0 Å². The summed E-state index contributed by atoms with van der Waals surface area (Å²) < 4.78 is 0. The van der Waals surface area contributed by atoms with Crippen molar-refractivity contribution in [1.82, 2.24) is 10.2 Å². The first kappa shape index (κ1) is 13.7. The SMILES string of the molecule is C[C@@H]1C(=O)CC[C@]2(C)c3[nH]nc(-c4ccccc4)c3CC[C@@H]12. The number of hydrogen-bond donors (Lipinski definition) is 1. The van der Waals surface area contributed by atoms with E-state index in [-0.39, 0.29) is 11.3 Å². The van der Waals surface area contributed by atoms with Gasteiger partial charge in [0.05, 0.1) is 5.69 Å². The minimum absolute atomic E-state index is 0.0704. The first-order valence-corrected chi connectivity index (χ1v) is 8.27. The molecule has 2 aliphatic carbocycles. The Hall–Kier alpha value is -1.90. The molecule has 1 aromatic heterocycles. The number of nitrogens with one attached hydrogen (secondary N) is 1. The van der Waals surface area contributed by atoms with E-state index in [2.05, 4.69) is 48.3 Å². The lowest BCUT2D eigenvalue weighted by molar-refractivity contribution is -0.128. The van der Waals surface area contributed by atoms with Crippen molar-refractivity contribution in [3.63, 3.8) is 0 Å². The lowest BCUT2D eigenvalue weighted by Gasteiger charge is -2.47. The average Bonchev–Trinajstić information content (AvgIpc) is 2.98. The maximum absolute atomic E-state index is 12.1. The van der Waals surface area contributed by atoms with Crippen molar-refractivity contribution in [2.75, 3.05) is 0 Å². The lowest BCUT2D eigenvalue weighted by atomic mass is 9.56. The minimum Gasteiger partial charge on any atom is -0.299 e. The van der Waals surface area contributed by atoms with Gasteiger partial charge in [-0.05, 0) is 25.2 Å². The van der Waals surface area contributed by atoms with Crippen LogP contribution in [0.5, 0.6) is 0 Å². The van der Waals surface area contributed by atoms with Crippen molar-refractivity contribution >= 4 is 5.78 Å². The molecule has 0 radical (unpaired) electrons. The van der Waals surface area contributed by atoms with Gasteiger partial charge in [0.2, 0.25) is 0 Å². The van der Waals surface area contributed by atoms with Crippen LogP contribution in [0.4, 0.5) is 0 Å². The normalized spacial score (nSPS) is 30.7. The van der Waals surface area contributed by atoms with Crippen LogP contribution >= 0.6 is 0 Å². The fourth-order valence-electron chi connectivity index (χ4n) is 4.67. The molecule has 0 bridgehead atoms. The summed E-state index contributed by atoms with van der Waals surface area (Å²) in [5.74, 6) is 1.06. The number of Topliss-reactive ketones (excluding diaryl/α,β-unsaturated/α-hetero) is 1. The van der Waals surface area contributed by atoms with Crippen molar-refractivity contribution < 1.29 is 4.79 Å². The smallest absolute Gasteiger partial charge is 0.136 e. The number of ketones is 1. The van der Waals surface area contributed by atoms with Crippen LogP contribution in [0, 0.1) is 11.8 Å². The Bertz CT molecular complexity index is 718. The van der Waals surface area contributed by atoms with Gasteiger partial charge in [-0.2, -0.15) is 5.10 Å². The Balaban J connectivity index is 1.81. The molecule has 114 valence electrons. The zero-order chi connectivity index (χ0) is 15.3. The predicted octanol–water partition coefficient (Wildman–Crippen LogP) is 3.90. The zero-order valence-corrected chi connectivity index (χ0v) is 13.2. The van der Waals surface area contributed by atoms with E-state index in [1.165, 1.54) is 16.8 Å². The van der Waals surface area contributed by atoms with E-state index < -0.39 is 0 Å². The number of carbonyl (C=O) groups excluding carboxylic acids is 1. The van der Waals surface area contributed by atoms with Crippen molar-refractivity contribution in [1.29, 1.82) is 0 Å². The summed E-state index contributed by atoms with van der Waals surface area (Å²) in [4.78, 5) is 12.1. The highest BCUT2D eigenvalue weighted by Gasteiger charge is 2.49. The minimum atomic E-state index is 0.0704. The van der Waals surface area contributed by atoms with Gasteiger partial charge < -0.3 is 0 Å². The van der Waals surface area contributed by atoms with Gasteiger partial charge in [-0.1, -0.05) is 44.2 Å². The molecule has 4 rings (SSSR count). The van der Waals surface area contributed by atoms with Crippen LogP contribution in [0.15, 0.2) is 30.3 Å². The van der Waals surface area contributed by atoms with Crippen molar-refractivity contribution in [3.8, 4) is 11.3 Å². The number of carbonyl (C=O) groups is 1. The van der Waals surface area contributed by atoms with Crippen molar-refractivity contribution in [2.24, 2.45) is 11.8 Å². The third kappa shape index (κ3) is 1.81. The highest BCUT2D eigenvalue weighted by atomic mass is 16.1. The first-order chi connectivity index (χ1) is 10.6. The Morgan fingerprint density at radius 2 is 2.00 bits per heavy atom. The van der Waals surface area contributed by atoms with Gasteiger partial charge in [-0.25, -0.2) is 0 Å². The third-order valence-corrected chi connectivity index (χ3v) is 6.01. The second kappa shape index (κ2) is 4.80. The number of fused-ring (bicyclic) bond motifs is 3. The number of H-pyrrole nitrogens is 1. The van der Waals surface area contributed by atoms with E-state index in [1.54, 1.807) is 0 Å². The molecular formula is C19H22N2O. The second-order valence-electron chi connectivity index (χ2n) is 7.11. The topological polar surface area (TPSA) is 45.8 Å². The fraction of sp³-hybridized carbons (Fsp3) is 0.474. The molecule has 1 fully saturated rings. The quantitative estimate of drug-likeness (QED) is 0.867. The fourth-order valence-corrected chi connectivity index (χ4v) is 4.67. The van der Waals surface area contributed by atoms with Gasteiger partial charge in [0.15, 0.2) is 0 Å². The van der Waals surface area contributed by atoms with E-state index in [0.29, 0.717) is 18.1 Å². The summed E-state index contributed by atoms with van der Waals surface area (Å²) in [7, 11) is 0. The molecule has 3 heteroatoms. The maximum atomic E-state index is 12.1. The van der Waals surface area contributed by atoms with E-state index in [1.807, 2.05) is 6.07 Å². The van der Waals surface area contributed by atoms with Crippen LogP contribution in [0.1, 0.15) is 44.4 Å². The van der Waals surface area contributed by atoms with E-state index in [4.69, 9.17) is 0 Å². The molecule has 1 aromatic carbocycles. The number of benzene rings is 1. The van der Waals surface area contributed by atoms with Gasteiger partial charge in [-0.3, -0.25) is 9.89 Å². The summed E-state index contributed by atoms with van der Waals surface area (Å²) >= 11 is 0. The van der Waals surface area contributed by atoms with E-state index >= 15 is 0 Å². The van der Waals surface area contributed by atoms with Crippen LogP contribution in [0.25, 0.3) is 11.3 Å². The molecule has 0 spiro atoms. The molecule has 3 atom stereocenters. The molecule has 0 amide bonds. The Labute approximate surface area is 131 Å². The van der Waals surface area contributed by atoms with Gasteiger partial charge in [-0.15, -0.1) is 0 Å². The van der Waals surface area contributed by atoms with Crippen LogP contribution in [0.3, 0.4) is 0 Å². The molecule has 1 heterocycles. The van der Waals surface area contributed by atoms with Crippen molar-refractivity contribution in [2.45, 2.75) is 44.9 Å². The highest BCUT2D eigenvalue weighted by Crippen LogP contribution is 2.51. The maximum Gasteiger partial charge on any atom is 0.136 e. The number of nitrogens with zero attached hydrogens (tertiary/aromatic N) is 1. The van der Waals surface area contributed by atoms with E-state index in [0.717, 1.165) is 25.0 Å². The molecule has 1 N–H and O–H groups in total. The Morgan fingerprint density at radius 3 is 2.77 bits per heavy atom. The van der Waals surface area contributed by atoms with Crippen LogP contribution in [-0.4, -0.2) is 16.0 Å². The predicted molar refractivity (Wildman–Crippen MR) is 86.6 cm³/mol. The van der Waals surface area contributed by atoms with Gasteiger partial charge >= 0.3 is 0 Å². The van der Waals surface area contributed by atoms with Crippen LogP contribution in [0.2, 0.25) is 0 Å². The van der Waals surface area contributed by atoms with Crippen molar-refractivity contribution in [3.05, 3.63) is 41.6 Å². The number of hydrogen-bond acceptors (Lipinski definition) is 2. The summed E-state index contributed by atoms with van der Waals surface area (Å²) in [6.45, 7) is 4.44. The number of aromatic nitrogens is 2. The number of rotatable bonds is 1. The van der Waals surface area contributed by atoms with Crippen LogP contribution in [-0.2, 0) is 16.6 Å². The standard InChI is InChI=1S/C19H22N2O/c1-12-15-9-8-14-17(13-6-4-3-5-7-13)20-21-18(14)19(15,2)11-10-16(12)22/h3-7,12,15H,8-11H2,1-2H3,(H,20,21)/t12-,15-,19-/m0/s1. The van der Waals surface area contributed by atoms with Gasteiger partial charge in [0.1, 0.15) is 5.78 Å². The third-order valence-electron chi connectivity index (χ3n) is 6.01. The highest BCUT2D eigenvalue weighted by molar-refractivity contribution is 5.82. The van der Waals surface area contributed by atoms with E-state index in [9.17, 15) is 4.79 Å².